The van der Waals surface area contributed by atoms with E-state index in [1.165, 1.54) is 12.1 Å². The maximum atomic E-state index is 10.4. The Morgan fingerprint density at radius 1 is 1.46 bits per heavy atom. The maximum Gasteiger partial charge on any atom is 0.271 e. The van der Waals surface area contributed by atoms with Crippen molar-refractivity contribution in [3.63, 3.8) is 0 Å². The van der Waals surface area contributed by atoms with Gasteiger partial charge in [0.25, 0.3) is 5.69 Å². The molecule has 1 heterocycles. The van der Waals surface area contributed by atoms with E-state index < -0.39 is 4.92 Å². The predicted octanol–water partition coefficient (Wildman–Crippen LogP) is 2.24. The summed E-state index contributed by atoms with van der Waals surface area (Å²) in [6, 6.07) is 4.83. The minimum Gasteiger partial charge on any atom is -0.261 e. The van der Waals surface area contributed by atoms with Gasteiger partial charge in [0.05, 0.1) is 10.6 Å². The van der Waals surface area contributed by atoms with E-state index in [1.54, 1.807) is 12.3 Å². The van der Waals surface area contributed by atoms with Crippen molar-refractivity contribution in [1.29, 1.82) is 0 Å². The van der Waals surface area contributed by atoms with Crippen LogP contribution in [-0.4, -0.2) is 11.1 Å². The lowest BCUT2D eigenvalue weighted by Crippen LogP contribution is -1.95. The summed E-state index contributed by atoms with van der Waals surface area (Å²) in [5.74, 6) is 0. The summed E-state index contributed by atoms with van der Waals surface area (Å²) in [6.45, 7) is 0. The predicted molar refractivity (Wildman–Crippen MR) is 49.6 cm³/mol. The van der Waals surface area contributed by atoms with Crippen molar-refractivity contribution >= 4 is 17.6 Å². The van der Waals surface area contributed by atoms with E-state index in [-0.39, 0.29) is 5.69 Å². The highest BCUT2D eigenvalue weighted by atomic mass is 16.6. The Hall–Kier alpha value is -1.71. The molecule has 0 aromatic heterocycles. The normalized spacial score (nSPS) is 13.8. The second kappa shape index (κ2) is 2.97. The van der Waals surface area contributed by atoms with Gasteiger partial charge in [-0.15, -0.1) is 0 Å². The minimum atomic E-state index is -0.398. The van der Waals surface area contributed by atoms with E-state index in [9.17, 15) is 10.1 Å². The number of non-ortho nitro benzene ring substituents is 1. The third kappa shape index (κ3) is 1.42. The molecule has 0 unspecified atom stereocenters. The van der Waals surface area contributed by atoms with Crippen LogP contribution in [0.25, 0.3) is 0 Å². The fraction of sp³-hybridized carbons (Fsp3) is 0.222. The van der Waals surface area contributed by atoms with Crippen molar-refractivity contribution in [3.05, 3.63) is 33.9 Å². The lowest BCUT2D eigenvalue weighted by atomic mass is 10.1. The van der Waals surface area contributed by atoms with Crippen LogP contribution >= 0.6 is 0 Å². The molecule has 0 spiro atoms. The molecule has 4 nitrogen and oxygen atoms in total. The van der Waals surface area contributed by atoms with Crippen LogP contribution < -0.4 is 0 Å². The Balaban J connectivity index is 2.48. The van der Waals surface area contributed by atoms with Gasteiger partial charge in [0.15, 0.2) is 0 Å². The average molecular weight is 176 g/mol. The van der Waals surface area contributed by atoms with Crippen LogP contribution in [0.4, 0.5) is 11.4 Å². The van der Waals surface area contributed by atoms with Crippen LogP contribution in [0.5, 0.6) is 0 Å². The molecular weight excluding hydrogens is 168 g/mol. The molecule has 1 aliphatic heterocycles. The molecule has 13 heavy (non-hydrogen) atoms. The van der Waals surface area contributed by atoms with Gasteiger partial charge in [-0.2, -0.15) is 0 Å². The lowest BCUT2D eigenvalue weighted by Gasteiger charge is -2.07. The summed E-state index contributed by atoms with van der Waals surface area (Å²) in [7, 11) is 0. The van der Waals surface area contributed by atoms with E-state index >= 15 is 0 Å². The first-order valence-electron chi connectivity index (χ1n) is 4.07. The number of nitro groups is 1. The van der Waals surface area contributed by atoms with E-state index in [4.69, 9.17) is 0 Å². The molecule has 1 aromatic carbocycles. The second-order valence-corrected chi connectivity index (χ2v) is 2.92. The summed E-state index contributed by atoms with van der Waals surface area (Å²) in [5, 5.41) is 10.4. The van der Waals surface area contributed by atoms with Crippen molar-refractivity contribution in [2.24, 2.45) is 4.99 Å². The highest BCUT2D eigenvalue weighted by Crippen LogP contribution is 2.27. The van der Waals surface area contributed by atoms with Gasteiger partial charge in [-0.1, -0.05) is 6.07 Å². The number of aliphatic imine (C=N–C) groups is 1. The summed E-state index contributed by atoms with van der Waals surface area (Å²) < 4.78 is 0. The maximum absolute atomic E-state index is 10.4. The topological polar surface area (TPSA) is 55.5 Å². The first-order valence-corrected chi connectivity index (χ1v) is 4.07. The number of hydrogen-bond donors (Lipinski definition) is 0. The summed E-state index contributed by atoms with van der Waals surface area (Å²) in [4.78, 5) is 14.1. The van der Waals surface area contributed by atoms with E-state index in [0.717, 1.165) is 24.1 Å². The Labute approximate surface area is 75.1 Å². The number of fused-ring (bicyclic) bond motifs is 1. The number of aryl methyl sites for hydroxylation is 1. The molecule has 0 N–H and O–H groups in total. The molecule has 1 aromatic rings. The number of nitro benzene ring substituents is 1. The Morgan fingerprint density at radius 2 is 2.31 bits per heavy atom. The third-order valence-corrected chi connectivity index (χ3v) is 2.05. The van der Waals surface area contributed by atoms with Gasteiger partial charge in [-0.3, -0.25) is 15.1 Å². The number of benzene rings is 1. The fourth-order valence-corrected chi connectivity index (χ4v) is 1.38. The number of hydrogen-bond acceptors (Lipinski definition) is 3. The van der Waals surface area contributed by atoms with Gasteiger partial charge >= 0.3 is 0 Å². The smallest absolute Gasteiger partial charge is 0.261 e. The van der Waals surface area contributed by atoms with Gasteiger partial charge in [0.1, 0.15) is 0 Å². The summed E-state index contributed by atoms with van der Waals surface area (Å²) in [5.41, 5.74) is 1.94. The zero-order chi connectivity index (χ0) is 9.26. The van der Waals surface area contributed by atoms with E-state index in [1.807, 2.05) is 0 Å². The molecule has 0 bridgehead atoms. The highest BCUT2D eigenvalue weighted by molar-refractivity contribution is 5.70. The molecule has 0 radical (unpaired) electrons. The van der Waals surface area contributed by atoms with Gasteiger partial charge in [0.2, 0.25) is 0 Å². The molecule has 0 fully saturated rings. The lowest BCUT2D eigenvalue weighted by molar-refractivity contribution is -0.384. The quantitative estimate of drug-likeness (QED) is 0.486. The largest absolute Gasteiger partial charge is 0.271 e. The first kappa shape index (κ1) is 7.91. The average Bonchev–Trinajstić information content (AvgIpc) is 2.17. The van der Waals surface area contributed by atoms with Crippen molar-refractivity contribution in [2.75, 3.05) is 0 Å². The second-order valence-electron chi connectivity index (χ2n) is 2.92. The van der Waals surface area contributed by atoms with Crippen LogP contribution in [0.3, 0.4) is 0 Å². The molecule has 66 valence electrons. The van der Waals surface area contributed by atoms with Crippen molar-refractivity contribution < 1.29 is 4.92 Å². The van der Waals surface area contributed by atoms with Crippen molar-refractivity contribution in [1.82, 2.24) is 0 Å². The molecule has 0 saturated heterocycles. The van der Waals surface area contributed by atoms with Crippen LogP contribution in [0.15, 0.2) is 23.2 Å². The van der Waals surface area contributed by atoms with Crippen LogP contribution in [0, 0.1) is 10.1 Å². The minimum absolute atomic E-state index is 0.109. The van der Waals surface area contributed by atoms with Gasteiger partial charge in [-0.25, -0.2) is 0 Å². The highest BCUT2D eigenvalue weighted by Gasteiger charge is 2.11. The Kier molecular flexibility index (Phi) is 1.81. The SMILES string of the molecule is O=[N+]([O-])c1ccc2c(c1)N=CCC2. The van der Waals surface area contributed by atoms with Crippen LogP contribution in [-0.2, 0) is 6.42 Å². The van der Waals surface area contributed by atoms with Gasteiger partial charge in [-0.05, 0) is 18.4 Å². The molecule has 0 saturated carbocycles. The molecular formula is C9H8N2O2. The number of nitrogens with zero attached hydrogens (tertiary/aromatic N) is 2. The van der Waals surface area contributed by atoms with Crippen LogP contribution in [0.1, 0.15) is 12.0 Å². The molecule has 4 heteroatoms. The molecule has 0 aliphatic carbocycles. The van der Waals surface area contributed by atoms with E-state index in [2.05, 4.69) is 4.99 Å². The molecule has 2 rings (SSSR count). The van der Waals surface area contributed by atoms with Gasteiger partial charge in [0, 0.05) is 18.3 Å². The first-order chi connectivity index (χ1) is 6.27. The standard InChI is InChI=1S/C9H8N2O2/c12-11(13)8-4-3-7-2-1-5-10-9(7)6-8/h3-6H,1-2H2. The zero-order valence-electron chi connectivity index (χ0n) is 6.93. The van der Waals surface area contributed by atoms with E-state index in [0.29, 0.717) is 0 Å². The summed E-state index contributed by atoms with van der Waals surface area (Å²) >= 11 is 0. The zero-order valence-corrected chi connectivity index (χ0v) is 6.93. The summed E-state index contributed by atoms with van der Waals surface area (Å²) in [6.07, 6.45) is 3.65. The van der Waals surface area contributed by atoms with Crippen molar-refractivity contribution in [2.45, 2.75) is 12.8 Å². The molecule has 1 aliphatic rings. The molecule has 0 atom stereocenters. The Morgan fingerprint density at radius 3 is 3.08 bits per heavy atom. The molecule has 0 amide bonds. The fourth-order valence-electron chi connectivity index (χ4n) is 1.38. The van der Waals surface area contributed by atoms with Crippen molar-refractivity contribution in [3.8, 4) is 0 Å². The third-order valence-electron chi connectivity index (χ3n) is 2.05. The van der Waals surface area contributed by atoms with Gasteiger partial charge < -0.3 is 0 Å². The monoisotopic (exact) mass is 176 g/mol. The van der Waals surface area contributed by atoms with Crippen LogP contribution in [0.2, 0.25) is 0 Å². The number of rotatable bonds is 1. The Bertz CT molecular complexity index is 385.